The number of rotatable bonds is 8. The fourth-order valence-corrected chi connectivity index (χ4v) is 3.32. The van der Waals surface area contributed by atoms with Crippen molar-refractivity contribution in [2.45, 2.75) is 17.7 Å². The van der Waals surface area contributed by atoms with Crippen LogP contribution >= 0.6 is 23.4 Å². The highest BCUT2D eigenvalue weighted by atomic mass is 35.5. The van der Waals surface area contributed by atoms with Crippen LogP contribution in [0.25, 0.3) is 0 Å². The Kier molecular flexibility index (Phi) is 8.08. The number of carbonyl (C=O) groups is 1. The summed E-state index contributed by atoms with van der Waals surface area (Å²) in [4.78, 5) is 15.4. The minimum atomic E-state index is 0.141. The summed E-state index contributed by atoms with van der Waals surface area (Å²) in [5, 5.41) is 7.09. The van der Waals surface area contributed by atoms with Crippen molar-refractivity contribution in [1.82, 2.24) is 15.5 Å². The zero-order valence-corrected chi connectivity index (χ0v) is 14.4. The Morgan fingerprint density at radius 1 is 1.27 bits per heavy atom. The summed E-state index contributed by atoms with van der Waals surface area (Å²) in [6.07, 6.45) is 1.58. The molecule has 122 valence electrons. The minimum absolute atomic E-state index is 0.141. The molecule has 1 saturated heterocycles. The minimum Gasteiger partial charge on any atom is -0.356 e. The van der Waals surface area contributed by atoms with Gasteiger partial charge in [-0.1, -0.05) is 11.6 Å². The Morgan fingerprint density at radius 3 is 2.73 bits per heavy atom. The Morgan fingerprint density at radius 2 is 2.00 bits per heavy atom. The van der Waals surface area contributed by atoms with Crippen LogP contribution in [0.15, 0.2) is 29.2 Å². The van der Waals surface area contributed by atoms with Crippen LogP contribution in [-0.2, 0) is 4.79 Å². The van der Waals surface area contributed by atoms with E-state index in [1.165, 1.54) is 0 Å². The summed E-state index contributed by atoms with van der Waals surface area (Å²) < 4.78 is 0. The first kappa shape index (κ1) is 17.6. The first-order valence-corrected chi connectivity index (χ1v) is 9.18. The molecule has 0 aromatic heterocycles. The smallest absolute Gasteiger partial charge is 0.220 e. The molecule has 1 aliphatic heterocycles. The number of amides is 1. The van der Waals surface area contributed by atoms with Crippen molar-refractivity contribution in [3.05, 3.63) is 29.3 Å². The second kappa shape index (κ2) is 10.1. The number of carbonyl (C=O) groups excluding carboxylic acids is 1. The molecular formula is C16H24ClN3OS. The molecule has 0 aliphatic carbocycles. The van der Waals surface area contributed by atoms with Crippen molar-refractivity contribution in [3.63, 3.8) is 0 Å². The molecule has 0 bridgehead atoms. The van der Waals surface area contributed by atoms with Crippen LogP contribution < -0.4 is 10.6 Å². The van der Waals surface area contributed by atoms with Crippen molar-refractivity contribution in [1.29, 1.82) is 0 Å². The zero-order valence-electron chi connectivity index (χ0n) is 12.8. The number of halogens is 1. The van der Waals surface area contributed by atoms with E-state index in [1.54, 1.807) is 11.8 Å². The number of hydrogen-bond acceptors (Lipinski definition) is 4. The van der Waals surface area contributed by atoms with Crippen molar-refractivity contribution >= 4 is 29.3 Å². The summed E-state index contributed by atoms with van der Waals surface area (Å²) in [7, 11) is 0. The van der Waals surface area contributed by atoms with E-state index in [4.69, 9.17) is 11.6 Å². The van der Waals surface area contributed by atoms with Gasteiger partial charge in [0, 0.05) is 54.8 Å². The molecule has 1 heterocycles. The van der Waals surface area contributed by atoms with Gasteiger partial charge in [-0.05, 0) is 37.2 Å². The van der Waals surface area contributed by atoms with Gasteiger partial charge in [0.1, 0.15) is 0 Å². The molecule has 1 aromatic carbocycles. The van der Waals surface area contributed by atoms with Crippen molar-refractivity contribution < 1.29 is 4.79 Å². The Balaban J connectivity index is 1.49. The first-order chi connectivity index (χ1) is 10.7. The molecular weight excluding hydrogens is 318 g/mol. The molecule has 6 heteroatoms. The highest BCUT2D eigenvalue weighted by molar-refractivity contribution is 7.99. The zero-order chi connectivity index (χ0) is 15.6. The van der Waals surface area contributed by atoms with Gasteiger partial charge in [-0.3, -0.25) is 4.79 Å². The standard InChI is InChI=1S/C16H24ClN3OS/c17-14-2-4-15(5-3-14)22-13-6-16(21)19-7-1-10-20-11-8-18-9-12-20/h2-5,18H,1,6-13H2,(H,19,21). The number of piperazine rings is 1. The van der Waals surface area contributed by atoms with Crippen molar-refractivity contribution in [2.75, 3.05) is 45.0 Å². The summed E-state index contributed by atoms with van der Waals surface area (Å²) in [6.45, 7) is 6.23. The van der Waals surface area contributed by atoms with Crippen LogP contribution in [0.5, 0.6) is 0 Å². The monoisotopic (exact) mass is 341 g/mol. The number of thioether (sulfide) groups is 1. The number of nitrogens with one attached hydrogen (secondary N) is 2. The van der Waals surface area contributed by atoms with Gasteiger partial charge in [0.2, 0.25) is 5.91 Å². The Labute approximate surface area is 142 Å². The van der Waals surface area contributed by atoms with E-state index in [1.807, 2.05) is 24.3 Å². The van der Waals surface area contributed by atoms with E-state index in [0.717, 1.165) is 61.4 Å². The van der Waals surface area contributed by atoms with Gasteiger partial charge in [0.15, 0.2) is 0 Å². The summed E-state index contributed by atoms with van der Waals surface area (Å²) in [5.41, 5.74) is 0. The molecule has 4 nitrogen and oxygen atoms in total. The van der Waals surface area contributed by atoms with Crippen molar-refractivity contribution in [3.8, 4) is 0 Å². The normalized spacial score (nSPS) is 15.7. The van der Waals surface area contributed by atoms with E-state index in [9.17, 15) is 4.79 Å². The summed E-state index contributed by atoms with van der Waals surface area (Å²) in [6, 6.07) is 7.72. The quantitative estimate of drug-likeness (QED) is 0.562. The third-order valence-corrected chi connectivity index (χ3v) is 4.86. The highest BCUT2D eigenvalue weighted by Crippen LogP contribution is 2.20. The SMILES string of the molecule is O=C(CCSc1ccc(Cl)cc1)NCCCN1CCNCC1. The van der Waals surface area contributed by atoms with Gasteiger partial charge in [0.05, 0.1) is 0 Å². The second-order valence-corrected chi connectivity index (χ2v) is 6.95. The molecule has 22 heavy (non-hydrogen) atoms. The third-order valence-electron chi connectivity index (χ3n) is 3.59. The molecule has 1 aromatic rings. The molecule has 0 atom stereocenters. The van der Waals surface area contributed by atoms with E-state index >= 15 is 0 Å². The molecule has 0 saturated carbocycles. The average Bonchev–Trinajstić information content (AvgIpc) is 2.54. The maximum atomic E-state index is 11.8. The second-order valence-electron chi connectivity index (χ2n) is 5.35. The molecule has 2 N–H and O–H groups in total. The van der Waals surface area contributed by atoms with Crippen LogP contribution in [0.3, 0.4) is 0 Å². The Hall–Kier alpha value is -0.750. The van der Waals surface area contributed by atoms with Gasteiger partial charge in [0.25, 0.3) is 0 Å². The fraction of sp³-hybridized carbons (Fsp3) is 0.562. The highest BCUT2D eigenvalue weighted by Gasteiger charge is 2.08. The van der Waals surface area contributed by atoms with Crippen LogP contribution in [0.2, 0.25) is 5.02 Å². The van der Waals surface area contributed by atoms with Crippen LogP contribution in [0.1, 0.15) is 12.8 Å². The predicted molar refractivity (Wildman–Crippen MR) is 93.7 cm³/mol. The molecule has 1 aliphatic rings. The third kappa shape index (κ3) is 7.01. The van der Waals surface area contributed by atoms with E-state index in [0.29, 0.717) is 6.42 Å². The van der Waals surface area contributed by atoms with E-state index in [2.05, 4.69) is 15.5 Å². The number of nitrogens with zero attached hydrogens (tertiary/aromatic N) is 1. The lowest BCUT2D eigenvalue weighted by Crippen LogP contribution is -2.44. The molecule has 2 rings (SSSR count). The fourth-order valence-electron chi connectivity index (χ4n) is 2.35. The lowest BCUT2D eigenvalue weighted by atomic mass is 10.3. The van der Waals surface area contributed by atoms with Gasteiger partial charge in [-0.2, -0.15) is 0 Å². The van der Waals surface area contributed by atoms with Crippen molar-refractivity contribution in [2.24, 2.45) is 0 Å². The van der Waals surface area contributed by atoms with Gasteiger partial charge in [-0.15, -0.1) is 11.8 Å². The number of benzene rings is 1. The average molecular weight is 342 g/mol. The Bertz CT molecular complexity index is 449. The summed E-state index contributed by atoms with van der Waals surface area (Å²) >= 11 is 7.53. The van der Waals surface area contributed by atoms with Gasteiger partial charge in [-0.25, -0.2) is 0 Å². The topological polar surface area (TPSA) is 44.4 Å². The lowest BCUT2D eigenvalue weighted by molar-refractivity contribution is -0.120. The molecule has 1 fully saturated rings. The van der Waals surface area contributed by atoms with Gasteiger partial charge >= 0.3 is 0 Å². The molecule has 0 unspecified atom stereocenters. The van der Waals surface area contributed by atoms with Crippen LogP contribution in [-0.4, -0.2) is 55.8 Å². The number of hydrogen-bond donors (Lipinski definition) is 2. The molecule has 1 amide bonds. The maximum absolute atomic E-state index is 11.8. The van der Waals surface area contributed by atoms with E-state index < -0.39 is 0 Å². The predicted octanol–water partition coefficient (Wildman–Crippen LogP) is 2.23. The van der Waals surface area contributed by atoms with E-state index in [-0.39, 0.29) is 5.91 Å². The lowest BCUT2D eigenvalue weighted by Gasteiger charge is -2.27. The van der Waals surface area contributed by atoms with Gasteiger partial charge < -0.3 is 15.5 Å². The maximum Gasteiger partial charge on any atom is 0.220 e. The first-order valence-electron chi connectivity index (χ1n) is 7.82. The largest absolute Gasteiger partial charge is 0.356 e. The van der Waals surface area contributed by atoms with Crippen LogP contribution in [0, 0.1) is 0 Å². The molecule has 0 radical (unpaired) electrons. The molecule has 0 spiro atoms. The van der Waals surface area contributed by atoms with Crippen LogP contribution in [0.4, 0.5) is 0 Å². The summed E-state index contributed by atoms with van der Waals surface area (Å²) in [5.74, 6) is 0.937.